The molecule has 1 heterocycles. The average Bonchev–Trinajstić information content (AvgIpc) is 1.88. The molecule has 0 aliphatic carbocycles. The molecule has 0 bridgehead atoms. The largest absolute Gasteiger partial charge is 0.441 e. The Morgan fingerprint density at radius 3 is 2.60 bits per heavy atom. The molecule has 0 saturated carbocycles. The lowest BCUT2D eigenvalue weighted by Crippen LogP contribution is -2.35. The maximum Gasteiger partial charge on any atom is 0.404 e. The van der Waals surface area contributed by atoms with Crippen molar-refractivity contribution in [3.8, 4) is 0 Å². The molecule has 0 spiro atoms. The lowest BCUT2D eigenvalue weighted by molar-refractivity contribution is -0.150. The number of nitrogens with two attached hydrogens (primary N) is 1. The Morgan fingerprint density at radius 2 is 2.10 bits per heavy atom. The van der Waals surface area contributed by atoms with Gasteiger partial charge in [0.05, 0.1) is 13.2 Å². The summed E-state index contributed by atoms with van der Waals surface area (Å²) in [5.41, 5.74) is 4.75. The van der Waals surface area contributed by atoms with E-state index in [1.54, 1.807) is 0 Å². The molecule has 2 N–H and O–H groups in total. The normalized spacial score (nSPS) is 20.4. The molecule has 0 aromatic carbocycles. The first-order valence-corrected chi connectivity index (χ1v) is 2.90. The van der Waals surface area contributed by atoms with Crippen LogP contribution in [-0.4, -0.2) is 32.2 Å². The summed E-state index contributed by atoms with van der Waals surface area (Å²) in [6, 6.07) is 0. The van der Waals surface area contributed by atoms with Gasteiger partial charge in [-0.15, -0.1) is 0 Å². The van der Waals surface area contributed by atoms with Crippen molar-refractivity contribution >= 4 is 6.09 Å². The van der Waals surface area contributed by atoms with Crippen molar-refractivity contribution in [2.45, 2.75) is 6.10 Å². The average molecular weight is 147 g/mol. The van der Waals surface area contributed by atoms with Gasteiger partial charge in [-0.3, -0.25) is 0 Å². The third-order valence-electron chi connectivity index (χ3n) is 1.06. The second-order valence-corrected chi connectivity index (χ2v) is 1.92. The van der Waals surface area contributed by atoms with Crippen molar-refractivity contribution in [2.75, 3.05) is 20.0 Å². The summed E-state index contributed by atoms with van der Waals surface area (Å²) in [6.45, 7) is 0.991. The summed E-state index contributed by atoms with van der Waals surface area (Å²) in [6.07, 6.45) is -1.13. The molecule has 1 amide bonds. The van der Waals surface area contributed by atoms with Crippen LogP contribution >= 0.6 is 0 Å². The van der Waals surface area contributed by atoms with Crippen LogP contribution in [0.3, 0.4) is 0 Å². The highest BCUT2D eigenvalue weighted by molar-refractivity contribution is 5.64. The lowest BCUT2D eigenvalue weighted by Gasteiger charge is -2.21. The standard InChI is InChI=1S/C5H9NO4/c6-5(7)10-4-1-8-3-9-2-4/h4H,1-3H2,(H2,6,7). The molecule has 10 heavy (non-hydrogen) atoms. The molecule has 1 rings (SSSR count). The van der Waals surface area contributed by atoms with Gasteiger partial charge in [-0.05, 0) is 0 Å². The molecule has 1 saturated heterocycles. The van der Waals surface area contributed by atoms with E-state index < -0.39 is 6.09 Å². The smallest absolute Gasteiger partial charge is 0.404 e. The zero-order valence-electron chi connectivity index (χ0n) is 5.41. The Kier molecular flexibility index (Phi) is 2.47. The van der Waals surface area contributed by atoms with Crippen molar-refractivity contribution in [3.63, 3.8) is 0 Å². The van der Waals surface area contributed by atoms with E-state index in [4.69, 9.17) is 15.2 Å². The van der Waals surface area contributed by atoms with Gasteiger partial charge in [0.1, 0.15) is 6.79 Å². The van der Waals surface area contributed by atoms with Crippen molar-refractivity contribution < 1.29 is 19.0 Å². The van der Waals surface area contributed by atoms with Gasteiger partial charge in [-0.25, -0.2) is 4.79 Å². The number of primary amides is 1. The van der Waals surface area contributed by atoms with Crippen molar-refractivity contribution in [1.82, 2.24) is 0 Å². The summed E-state index contributed by atoms with van der Waals surface area (Å²) >= 11 is 0. The molecule has 1 aliphatic rings. The van der Waals surface area contributed by atoms with Gasteiger partial charge in [0.25, 0.3) is 0 Å². The molecule has 0 radical (unpaired) electrons. The van der Waals surface area contributed by atoms with Crippen LogP contribution in [0, 0.1) is 0 Å². The van der Waals surface area contributed by atoms with Crippen LogP contribution in [-0.2, 0) is 14.2 Å². The lowest BCUT2D eigenvalue weighted by atomic mass is 10.4. The summed E-state index contributed by atoms with van der Waals surface area (Å²) in [5, 5.41) is 0. The highest BCUT2D eigenvalue weighted by Crippen LogP contribution is 2.00. The molecule has 0 aromatic rings. The van der Waals surface area contributed by atoms with Crippen LogP contribution in [0.15, 0.2) is 0 Å². The summed E-state index contributed by atoms with van der Waals surface area (Å²) in [4.78, 5) is 10.2. The minimum absolute atomic E-state index is 0.263. The highest BCUT2D eigenvalue weighted by Gasteiger charge is 2.16. The molecular weight excluding hydrogens is 138 g/mol. The molecule has 5 nitrogen and oxygen atoms in total. The maximum atomic E-state index is 10.2. The number of ether oxygens (including phenoxy) is 3. The summed E-state index contributed by atoms with van der Waals surface area (Å²) < 4.78 is 14.2. The van der Waals surface area contributed by atoms with Crippen molar-refractivity contribution in [3.05, 3.63) is 0 Å². The van der Waals surface area contributed by atoms with Crippen molar-refractivity contribution in [1.29, 1.82) is 0 Å². The van der Waals surface area contributed by atoms with Crippen LogP contribution in [0.4, 0.5) is 4.79 Å². The van der Waals surface area contributed by atoms with Gasteiger partial charge in [0.15, 0.2) is 6.10 Å². The molecule has 58 valence electrons. The van der Waals surface area contributed by atoms with Crippen LogP contribution in [0.25, 0.3) is 0 Å². The van der Waals surface area contributed by atoms with Crippen LogP contribution in [0.2, 0.25) is 0 Å². The second kappa shape index (κ2) is 3.38. The fourth-order valence-corrected chi connectivity index (χ4v) is 0.698. The molecule has 5 heteroatoms. The van der Waals surface area contributed by atoms with Gasteiger partial charge in [0.2, 0.25) is 0 Å². The molecule has 0 aromatic heterocycles. The molecule has 1 aliphatic heterocycles. The van der Waals surface area contributed by atoms with E-state index in [2.05, 4.69) is 4.74 Å². The van der Waals surface area contributed by atoms with Gasteiger partial charge in [0, 0.05) is 0 Å². The molecule has 0 unspecified atom stereocenters. The van der Waals surface area contributed by atoms with Gasteiger partial charge < -0.3 is 19.9 Å². The number of hydrogen-bond acceptors (Lipinski definition) is 4. The van der Waals surface area contributed by atoms with E-state index in [1.165, 1.54) is 0 Å². The fraction of sp³-hybridized carbons (Fsp3) is 0.800. The number of rotatable bonds is 1. The Morgan fingerprint density at radius 1 is 1.50 bits per heavy atom. The second-order valence-electron chi connectivity index (χ2n) is 1.92. The van der Waals surface area contributed by atoms with Gasteiger partial charge >= 0.3 is 6.09 Å². The van der Waals surface area contributed by atoms with Gasteiger partial charge in [-0.1, -0.05) is 0 Å². The minimum Gasteiger partial charge on any atom is -0.441 e. The quantitative estimate of drug-likeness (QED) is 0.540. The van der Waals surface area contributed by atoms with E-state index in [0.717, 1.165) is 0 Å². The first-order chi connectivity index (χ1) is 4.79. The predicted octanol–water partition coefficient (Wildman–Crippen LogP) is -0.545. The third-order valence-corrected chi connectivity index (χ3v) is 1.06. The predicted molar refractivity (Wildman–Crippen MR) is 31.2 cm³/mol. The maximum absolute atomic E-state index is 10.2. The SMILES string of the molecule is NC(=O)OC1COCOC1. The number of amides is 1. The first-order valence-electron chi connectivity index (χ1n) is 2.90. The molecule has 0 atom stereocenters. The third kappa shape index (κ3) is 2.20. The summed E-state index contributed by atoms with van der Waals surface area (Å²) in [7, 11) is 0. The van der Waals surface area contributed by atoms with Crippen molar-refractivity contribution in [2.24, 2.45) is 5.73 Å². The van der Waals surface area contributed by atoms with Crippen LogP contribution in [0.5, 0.6) is 0 Å². The Balaban J connectivity index is 2.19. The monoisotopic (exact) mass is 147 g/mol. The Labute approximate surface area is 58.0 Å². The molecule has 1 fully saturated rings. The number of carbonyl (C=O) groups excluding carboxylic acids is 1. The van der Waals surface area contributed by atoms with E-state index in [-0.39, 0.29) is 12.9 Å². The zero-order valence-corrected chi connectivity index (χ0v) is 5.41. The van der Waals surface area contributed by atoms with E-state index >= 15 is 0 Å². The van der Waals surface area contributed by atoms with Gasteiger partial charge in [-0.2, -0.15) is 0 Å². The highest BCUT2D eigenvalue weighted by atomic mass is 16.7. The van der Waals surface area contributed by atoms with E-state index in [1.807, 2.05) is 0 Å². The summed E-state index contributed by atoms with van der Waals surface area (Å²) in [5.74, 6) is 0. The fourth-order valence-electron chi connectivity index (χ4n) is 0.698. The number of hydrogen-bond donors (Lipinski definition) is 1. The van der Waals surface area contributed by atoms with E-state index in [0.29, 0.717) is 13.2 Å². The van der Waals surface area contributed by atoms with Crippen LogP contribution in [0.1, 0.15) is 0 Å². The Bertz CT molecular complexity index is 121. The topological polar surface area (TPSA) is 70.8 Å². The Hall–Kier alpha value is -0.810. The minimum atomic E-state index is -0.792. The number of carbonyl (C=O) groups is 1. The van der Waals surface area contributed by atoms with Crippen LogP contribution < -0.4 is 5.73 Å². The molecular formula is C5H9NO4. The first kappa shape index (κ1) is 7.30. The van der Waals surface area contributed by atoms with E-state index in [9.17, 15) is 4.79 Å². The zero-order chi connectivity index (χ0) is 7.40.